The summed E-state index contributed by atoms with van der Waals surface area (Å²) in [7, 11) is 3.26. The number of rotatable bonds is 8. The van der Waals surface area contributed by atoms with Gasteiger partial charge in [0.05, 0.1) is 24.1 Å². The normalized spacial score (nSPS) is 12.0. The van der Waals surface area contributed by atoms with E-state index >= 15 is 0 Å². The maximum atomic E-state index is 13.4. The molecule has 0 fully saturated rings. The van der Waals surface area contributed by atoms with Gasteiger partial charge in [-0.1, -0.05) is 11.6 Å². The molecule has 1 aromatic carbocycles. The molecule has 0 saturated carbocycles. The van der Waals surface area contributed by atoms with E-state index in [0.29, 0.717) is 22.9 Å². The third kappa shape index (κ3) is 4.40. The molecule has 3 rings (SSSR count). The molecule has 0 saturated heterocycles. The van der Waals surface area contributed by atoms with Crippen LogP contribution in [-0.2, 0) is 4.74 Å². The van der Waals surface area contributed by atoms with Crippen LogP contribution in [0.4, 0.5) is 9.57 Å². The lowest BCUT2D eigenvalue weighted by molar-refractivity contribution is 0.0907. The van der Waals surface area contributed by atoms with E-state index in [-0.39, 0.29) is 46.5 Å². The number of hydrogen-bond acceptors (Lipinski definition) is 7. The van der Waals surface area contributed by atoms with Gasteiger partial charge in [-0.3, -0.25) is 10.2 Å². The summed E-state index contributed by atoms with van der Waals surface area (Å²) in [6, 6.07) is 4.82. The fourth-order valence-electron chi connectivity index (χ4n) is 2.98. The van der Waals surface area contributed by atoms with E-state index in [1.165, 1.54) is 19.5 Å². The summed E-state index contributed by atoms with van der Waals surface area (Å²) < 4.78 is 19.5. The Hall–Kier alpha value is -2.69. The average molecular weight is 451 g/mol. The Labute approximate surface area is 182 Å². The van der Waals surface area contributed by atoms with Crippen molar-refractivity contribution in [1.29, 1.82) is 5.41 Å². The molecule has 2 heterocycles. The summed E-state index contributed by atoms with van der Waals surface area (Å²) in [6.07, 6.45) is 2.71. The zero-order valence-electron chi connectivity index (χ0n) is 16.5. The van der Waals surface area contributed by atoms with Crippen LogP contribution in [0.3, 0.4) is 0 Å². The number of methoxy groups -OCH3 is 1. The minimum absolute atomic E-state index is 0.0849. The molecule has 0 unspecified atom stereocenters. The summed E-state index contributed by atoms with van der Waals surface area (Å²) >= 11 is 5.95. The molecular formula is C19H20ClFN6O2S. The first-order valence-electron chi connectivity index (χ1n) is 8.93. The SMILES string of the molecule is CNc1cc(Cl)ccc1C(=N)c1cnc2c(n1)c(C(=O)N[C@H](C)COC)cn2SF. The third-order valence-corrected chi connectivity index (χ3v) is 5.02. The highest BCUT2D eigenvalue weighted by Crippen LogP contribution is 2.26. The summed E-state index contributed by atoms with van der Waals surface area (Å²) in [5.41, 5.74) is 2.09. The fourth-order valence-corrected chi connectivity index (χ4v) is 3.49. The number of ether oxygens (including phenoxy) is 1. The predicted molar refractivity (Wildman–Crippen MR) is 117 cm³/mol. The zero-order valence-corrected chi connectivity index (χ0v) is 18.1. The molecule has 30 heavy (non-hydrogen) atoms. The highest BCUT2D eigenvalue weighted by Gasteiger charge is 2.21. The summed E-state index contributed by atoms with van der Waals surface area (Å²) in [5, 5.41) is 14.9. The van der Waals surface area contributed by atoms with Gasteiger partial charge in [0.1, 0.15) is 11.2 Å². The van der Waals surface area contributed by atoms with E-state index in [1.807, 2.05) is 0 Å². The van der Waals surface area contributed by atoms with Crippen molar-refractivity contribution in [2.24, 2.45) is 0 Å². The first-order valence-corrected chi connectivity index (χ1v) is 9.98. The first kappa shape index (κ1) is 22.0. The number of fused-ring (bicyclic) bond motifs is 1. The molecular weight excluding hydrogens is 431 g/mol. The fraction of sp³-hybridized carbons (Fsp3) is 0.263. The Balaban J connectivity index is 2.04. The standard InChI is InChI=1S/C19H20ClFN6O2S/c1-10(9-29-3)25-19(28)13-8-27(30-21)18-17(13)26-15(7-24-18)16(22)12-5-4-11(20)6-14(12)23-2/h4-8,10,22-23H,9H2,1-3H3,(H,25,28)/t10-/m1/s1. The van der Waals surface area contributed by atoms with Crippen LogP contribution >= 0.6 is 23.9 Å². The molecule has 0 aliphatic rings. The lowest BCUT2D eigenvalue weighted by atomic mass is 10.1. The van der Waals surface area contributed by atoms with Crippen LogP contribution < -0.4 is 10.6 Å². The van der Waals surface area contributed by atoms with Crippen LogP contribution in [0.25, 0.3) is 11.2 Å². The molecule has 158 valence electrons. The summed E-state index contributed by atoms with van der Waals surface area (Å²) in [5.74, 6) is -0.433. The molecule has 8 nitrogen and oxygen atoms in total. The van der Waals surface area contributed by atoms with Crippen LogP contribution in [-0.4, -0.2) is 52.4 Å². The summed E-state index contributed by atoms with van der Waals surface area (Å²) in [4.78, 5) is 21.4. The Kier molecular flexibility index (Phi) is 6.91. The van der Waals surface area contributed by atoms with E-state index in [4.69, 9.17) is 21.7 Å². The number of nitrogens with zero attached hydrogens (tertiary/aromatic N) is 3. The van der Waals surface area contributed by atoms with E-state index in [9.17, 15) is 8.68 Å². The average Bonchev–Trinajstić information content (AvgIpc) is 3.11. The van der Waals surface area contributed by atoms with Gasteiger partial charge in [0.25, 0.3) is 5.91 Å². The molecule has 1 amide bonds. The van der Waals surface area contributed by atoms with Crippen molar-refractivity contribution in [1.82, 2.24) is 19.3 Å². The number of aromatic nitrogens is 3. The second-order valence-corrected chi connectivity index (χ2v) is 7.48. The maximum absolute atomic E-state index is 13.4. The highest BCUT2D eigenvalue weighted by molar-refractivity contribution is 7.92. The van der Waals surface area contributed by atoms with E-state index < -0.39 is 5.91 Å². The van der Waals surface area contributed by atoms with Gasteiger partial charge in [-0.05, 0) is 25.1 Å². The molecule has 3 N–H and O–H groups in total. The number of carbonyl (C=O) groups is 1. The molecule has 0 aliphatic carbocycles. The van der Waals surface area contributed by atoms with Crippen molar-refractivity contribution < 1.29 is 13.4 Å². The van der Waals surface area contributed by atoms with E-state index in [2.05, 4.69) is 20.6 Å². The van der Waals surface area contributed by atoms with Gasteiger partial charge in [0, 0.05) is 42.7 Å². The molecule has 1 atom stereocenters. The first-order chi connectivity index (χ1) is 14.4. The molecule has 0 aliphatic heterocycles. The highest BCUT2D eigenvalue weighted by atomic mass is 35.5. The number of hydrogen-bond donors (Lipinski definition) is 3. The Morgan fingerprint density at radius 3 is 2.87 bits per heavy atom. The number of amides is 1. The smallest absolute Gasteiger partial charge is 0.255 e. The van der Waals surface area contributed by atoms with Crippen LogP contribution in [0, 0.1) is 5.41 Å². The van der Waals surface area contributed by atoms with E-state index in [1.54, 1.807) is 32.2 Å². The molecule has 3 aromatic rings. The number of halogens is 2. The minimum Gasteiger partial charge on any atom is -0.388 e. The molecule has 11 heteroatoms. The predicted octanol–water partition coefficient (Wildman–Crippen LogP) is 3.69. The molecule has 0 radical (unpaired) electrons. The van der Waals surface area contributed by atoms with Gasteiger partial charge in [-0.15, -0.1) is 3.89 Å². The van der Waals surface area contributed by atoms with Crippen LogP contribution in [0.5, 0.6) is 0 Å². The number of nitrogens with one attached hydrogen (secondary N) is 3. The largest absolute Gasteiger partial charge is 0.388 e. The van der Waals surface area contributed by atoms with Gasteiger partial charge in [-0.25, -0.2) is 13.9 Å². The Bertz CT molecular complexity index is 1110. The van der Waals surface area contributed by atoms with Gasteiger partial charge in [-0.2, -0.15) is 0 Å². The Morgan fingerprint density at radius 2 is 2.20 bits per heavy atom. The number of anilines is 1. The number of carbonyl (C=O) groups excluding carboxylic acids is 1. The van der Waals surface area contributed by atoms with Crippen molar-refractivity contribution in [3.05, 3.63) is 52.4 Å². The maximum Gasteiger partial charge on any atom is 0.255 e. The van der Waals surface area contributed by atoms with Gasteiger partial charge < -0.3 is 15.4 Å². The molecule has 0 bridgehead atoms. The van der Waals surface area contributed by atoms with Crippen molar-refractivity contribution in [3.8, 4) is 0 Å². The summed E-state index contributed by atoms with van der Waals surface area (Å²) in [6.45, 7) is 2.12. The van der Waals surface area contributed by atoms with Crippen LogP contribution in [0.2, 0.25) is 5.02 Å². The van der Waals surface area contributed by atoms with Gasteiger partial charge in [0.2, 0.25) is 0 Å². The third-order valence-electron chi connectivity index (χ3n) is 4.35. The molecule has 2 aromatic heterocycles. The zero-order chi connectivity index (χ0) is 21.8. The van der Waals surface area contributed by atoms with Crippen molar-refractivity contribution in [3.63, 3.8) is 0 Å². The quantitative estimate of drug-likeness (QED) is 0.452. The topological polar surface area (TPSA) is 105 Å². The van der Waals surface area contributed by atoms with Crippen molar-refractivity contribution in [2.75, 3.05) is 26.1 Å². The van der Waals surface area contributed by atoms with E-state index in [0.717, 1.165) is 3.97 Å². The molecule has 0 spiro atoms. The second-order valence-electron chi connectivity index (χ2n) is 6.51. The van der Waals surface area contributed by atoms with Crippen LogP contribution in [0.1, 0.15) is 28.5 Å². The number of benzene rings is 1. The van der Waals surface area contributed by atoms with Gasteiger partial charge >= 0.3 is 0 Å². The lowest BCUT2D eigenvalue weighted by Crippen LogP contribution is -2.35. The van der Waals surface area contributed by atoms with Gasteiger partial charge in [0.15, 0.2) is 18.0 Å². The monoisotopic (exact) mass is 450 g/mol. The minimum atomic E-state index is -0.433. The Morgan fingerprint density at radius 1 is 1.43 bits per heavy atom. The van der Waals surface area contributed by atoms with Crippen molar-refractivity contribution >= 4 is 52.4 Å². The van der Waals surface area contributed by atoms with Crippen molar-refractivity contribution in [2.45, 2.75) is 13.0 Å². The second kappa shape index (κ2) is 9.41. The lowest BCUT2D eigenvalue weighted by Gasteiger charge is -2.12. The van der Waals surface area contributed by atoms with Crippen LogP contribution in [0.15, 0.2) is 30.6 Å².